The molecule has 0 fully saturated rings. The molecule has 9 nitrogen and oxygen atoms in total. The Hall–Kier alpha value is -2.94. The smallest absolute Gasteiger partial charge is 0.326 e. The highest BCUT2D eigenvalue weighted by Gasteiger charge is 2.30. The maximum atomic E-state index is 12.4. The second-order valence-corrected chi connectivity index (χ2v) is 6.52. The molecule has 27 heavy (non-hydrogen) atoms. The van der Waals surface area contributed by atoms with E-state index < -0.39 is 48.3 Å². The van der Waals surface area contributed by atoms with E-state index in [2.05, 4.69) is 10.6 Å². The van der Waals surface area contributed by atoms with Crippen molar-refractivity contribution < 1.29 is 29.4 Å². The van der Waals surface area contributed by atoms with Gasteiger partial charge in [0.2, 0.25) is 11.8 Å². The number of hydrogen-bond acceptors (Lipinski definition) is 5. The SMILES string of the molecule is CC(C)C(N)C(=O)NC(CC(=O)O)C(=O)NC(Cc1ccccc1)C(=O)O. The number of carbonyl (C=O) groups is 4. The Morgan fingerprint density at radius 2 is 1.52 bits per heavy atom. The molecule has 1 aromatic rings. The summed E-state index contributed by atoms with van der Waals surface area (Å²) in [6, 6.07) is 5.03. The van der Waals surface area contributed by atoms with Gasteiger partial charge in [0, 0.05) is 6.42 Å². The molecular weight excluding hydrogens is 354 g/mol. The highest BCUT2D eigenvalue weighted by molar-refractivity contribution is 5.94. The van der Waals surface area contributed by atoms with Crippen molar-refractivity contribution in [2.75, 3.05) is 0 Å². The Morgan fingerprint density at radius 1 is 0.963 bits per heavy atom. The molecule has 2 amide bonds. The third kappa shape index (κ3) is 7.45. The average molecular weight is 379 g/mol. The number of carboxylic acids is 2. The van der Waals surface area contributed by atoms with E-state index in [0.29, 0.717) is 5.56 Å². The number of nitrogens with two attached hydrogens (primary N) is 1. The van der Waals surface area contributed by atoms with Crippen LogP contribution in [0.4, 0.5) is 0 Å². The fourth-order valence-electron chi connectivity index (χ4n) is 2.28. The number of benzene rings is 1. The second kappa shape index (κ2) is 10.3. The van der Waals surface area contributed by atoms with E-state index in [-0.39, 0.29) is 12.3 Å². The van der Waals surface area contributed by atoms with Crippen molar-refractivity contribution in [3.05, 3.63) is 35.9 Å². The van der Waals surface area contributed by atoms with Crippen molar-refractivity contribution in [2.24, 2.45) is 11.7 Å². The van der Waals surface area contributed by atoms with Crippen LogP contribution >= 0.6 is 0 Å². The molecule has 0 saturated heterocycles. The van der Waals surface area contributed by atoms with Crippen LogP contribution in [0, 0.1) is 5.92 Å². The van der Waals surface area contributed by atoms with Gasteiger partial charge in [-0.05, 0) is 11.5 Å². The van der Waals surface area contributed by atoms with Gasteiger partial charge in [-0.1, -0.05) is 44.2 Å². The molecule has 0 aliphatic rings. The second-order valence-electron chi connectivity index (χ2n) is 6.52. The minimum Gasteiger partial charge on any atom is -0.481 e. The Bertz CT molecular complexity index is 677. The van der Waals surface area contributed by atoms with Crippen LogP contribution in [0.15, 0.2) is 30.3 Å². The van der Waals surface area contributed by atoms with Gasteiger partial charge in [-0.2, -0.15) is 0 Å². The Morgan fingerprint density at radius 3 is 2.00 bits per heavy atom. The highest BCUT2D eigenvalue weighted by atomic mass is 16.4. The van der Waals surface area contributed by atoms with Crippen molar-refractivity contribution in [1.29, 1.82) is 0 Å². The van der Waals surface area contributed by atoms with E-state index in [1.807, 2.05) is 0 Å². The molecule has 9 heteroatoms. The van der Waals surface area contributed by atoms with Gasteiger partial charge in [0.05, 0.1) is 12.5 Å². The normalized spacial score (nSPS) is 14.1. The summed E-state index contributed by atoms with van der Waals surface area (Å²) in [5.41, 5.74) is 6.39. The Kier molecular flexibility index (Phi) is 8.40. The molecule has 3 atom stereocenters. The minimum absolute atomic E-state index is 0.0150. The molecule has 148 valence electrons. The monoisotopic (exact) mass is 379 g/mol. The Balaban J connectivity index is 2.87. The zero-order valence-corrected chi connectivity index (χ0v) is 15.2. The highest BCUT2D eigenvalue weighted by Crippen LogP contribution is 2.05. The Labute approximate surface area is 156 Å². The van der Waals surface area contributed by atoms with Gasteiger partial charge in [0.15, 0.2) is 0 Å². The van der Waals surface area contributed by atoms with Crippen molar-refractivity contribution in [1.82, 2.24) is 10.6 Å². The van der Waals surface area contributed by atoms with Crippen LogP contribution in [0.2, 0.25) is 0 Å². The summed E-state index contributed by atoms with van der Waals surface area (Å²) in [5.74, 6) is -4.38. The van der Waals surface area contributed by atoms with E-state index in [9.17, 15) is 24.3 Å². The largest absolute Gasteiger partial charge is 0.481 e. The number of carbonyl (C=O) groups excluding carboxylic acids is 2. The molecule has 3 unspecified atom stereocenters. The lowest BCUT2D eigenvalue weighted by Gasteiger charge is -2.23. The standard InChI is InChI=1S/C18H25N3O6/c1-10(2)15(19)17(25)20-12(9-14(22)23)16(24)21-13(18(26)27)8-11-6-4-3-5-7-11/h3-7,10,12-13,15H,8-9,19H2,1-2H3,(H,20,25)(H,21,24)(H,22,23)(H,26,27). The van der Waals surface area contributed by atoms with E-state index >= 15 is 0 Å². The summed E-state index contributed by atoms with van der Waals surface area (Å²) in [6.07, 6.45) is -0.679. The average Bonchev–Trinajstić information content (AvgIpc) is 2.59. The zero-order chi connectivity index (χ0) is 20.6. The van der Waals surface area contributed by atoms with E-state index in [0.717, 1.165) is 0 Å². The molecule has 1 aromatic carbocycles. The fraction of sp³-hybridized carbons (Fsp3) is 0.444. The first-order chi connectivity index (χ1) is 12.6. The number of carboxylic acid groups (broad SMARTS) is 2. The van der Waals surface area contributed by atoms with Crippen LogP contribution in [-0.2, 0) is 25.6 Å². The maximum absolute atomic E-state index is 12.4. The molecule has 0 heterocycles. The zero-order valence-electron chi connectivity index (χ0n) is 15.2. The van der Waals surface area contributed by atoms with Crippen molar-refractivity contribution in [3.63, 3.8) is 0 Å². The summed E-state index contributed by atoms with van der Waals surface area (Å²) in [6.45, 7) is 3.41. The third-order valence-electron chi connectivity index (χ3n) is 3.93. The summed E-state index contributed by atoms with van der Waals surface area (Å²) >= 11 is 0. The number of aliphatic carboxylic acids is 2. The van der Waals surface area contributed by atoms with Gasteiger partial charge in [-0.25, -0.2) is 4.79 Å². The molecule has 0 aliphatic carbocycles. The lowest BCUT2D eigenvalue weighted by Crippen LogP contribution is -2.56. The number of amides is 2. The van der Waals surface area contributed by atoms with Crippen LogP contribution < -0.4 is 16.4 Å². The van der Waals surface area contributed by atoms with E-state index in [1.54, 1.807) is 44.2 Å². The summed E-state index contributed by atoms with van der Waals surface area (Å²) < 4.78 is 0. The van der Waals surface area contributed by atoms with Crippen molar-refractivity contribution in [2.45, 2.75) is 44.8 Å². The van der Waals surface area contributed by atoms with Gasteiger partial charge in [0.1, 0.15) is 12.1 Å². The molecule has 0 aromatic heterocycles. The topological polar surface area (TPSA) is 159 Å². The number of nitrogens with one attached hydrogen (secondary N) is 2. The van der Waals surface area contributed by atoms with Gasteiger partial charge in [0.25, 0.3) is 0 Å². The quantitative estimate of drug-likeness (QED) is 0.374. The maximum Gasteiger partial charge on any atom is 0.326 e. The molecular formula is C18H25N3O6. The molecule has 0 radical (unpaired) electrons. The van der Waals surface area contributed by atoms with Crippen molar-refractivity contribution in [3.8, 4) is 0 Å². The molecule has 1 rings (SSSR count). The van der Waals surface area contributed by atoms with E-state index in [1.165, 1.54) is 0 Å². The van der Waals surface area contributed by atoms with Crippen LogP contribution in [0.5, 0.6) is 0 Å². The number of rotatable bonds is 10. The van der Waals surface area contributed by atoms with Crippen molar-refractivity contribution >= 4 is 23.8 Å². The van der Waals surface area contributed by atoms with Gasteiger partial charge >= 0.3 is 11.9 Å². The van der Waals surface area contributed by atoms with Crippen LogP contribution in [-0.4, -0.2) is 52.1 Å². The van der Waals surface area contributed by atoms with Gasteiger partial charge in [-0.15, -0.1) is 0 Å². The van der Waals surface area contributed by atoms with Gasteiger partial charge < -0.3 is 26.6 Å². The lowest BCUT2D eigenvalue weighted by atomic mass is 10.0. The first kappa shape index (κ1) is 22.1. The van der Waals surface area contributed by atoms with Crippen LogP contribution in [0.3, 0.4) is 0 Å². The van der Waals surface area contributed by atoms with Gasteiger partial charge in [-0.3, -0.25) is 14.4 Å². The first-order valence-electron chi connectivity index (χ1n) is 8.46. The molecule has 0 spiro atoms. The molecule has 0 saturated carbocycles. The van der Waals surface area contributed by atoms with E-state index in [4.69, 9.17) is 10.8 Å². The number of hydrogen-bond donors (Lipinski definition) is 5. The summed E-state index contributed by atoms with van der Waals surface area (Å²) in [7, 11) is 0. The van der Waals surface area contributed by atoms with Crippen LogP contribution in [0.1, 0.15) is 25.8 Å². The predicted molar refractivity (Wildman–Crippen MR) is 96.7 cm³/mol. The minimum atomic E-state index is -1.43. The fourth-order valence-corrected chi connectivity index (χ4v) is 2.28. The summed E-state index contributed by atoms with van der Waals surface area (Å²) in [4.78, 5) is 47.0. The summed E-state index contributed by atoms with van der Waals surface area (Å²) in [5, 5.41) is 22.9. The first-order valence-corrected chi connectivity index (χ1v) is 8.46. The molecule has 0 aliphatic heterocycles. The lowest BCUT2D eigenvalue weighted by molar-refractivity contribution is -0.143. The molecule has 0 bridgehead atoms. The third-order valence-corrected chi connectivity index (χ3v) is 3.93. The van der Waals surface area contributed by atoms with Crippen LogP contribution in [0.25, 0.3) is 0 Å². The molecule has 6 N–H and O–H groups in total. The predicted octanol–water partition coefficient (Wildman–Crippen LogP) is -0.259.